The Kier molecular flexibility index (Phi) is 7.19. The number of rotatable bonds is 0. The molecule has 0 aromatic carbocycles. The number of hydrogen-bond donors (Lipinski definition) is 2. The van der Waals surface area contributed by atoms with Gasteiger partial charge >= 0.3 is 0 Å². The van der Waals surface area contributed by atoms with Gasteiger partial charge in [-0.05, 0) is 0 Å². The second kappa shape index (κ2) is 4.69. The van der Waals surface area contributed by atoms with Crippen LogP contribution in [0.15, 0.2) is 5.10 Å². The van der Waals surface area contributed by atoms with Gasteiger partial charge in [0.25, 0.3) is 0 Å². The van der Waals surface area contributed by atoms with Gasteiger partial charge in [-0.3, -0.25) is 0 Å². The van der Waals surface area contributed by atoms with Crippen LogP contribution in [0.2, 0.25) is 0 Å². The average molecular weight is 138 g/mol. The van der Waals surface area contributed by atoms with Crippen LogP contribution in [0.4, 0.5) is 0 Å². The fourth-order valence-electron chi connectivity index (χ4n) is 0. The number of hydrazone groups is 1. The monoisotopic (exact) mass is 137 g/mol. The topological polar surface area (TPSA) is 88.2 Å². The van der Waals surface area contributed by atoms with Crippen molar-refractivity contribution < 1.29 is 19.5 Å². The van der Waals surface area contributed by atoms with Gasteiger partial charge in [0, 0.05) is 25.4 Å². The molecular weight excluding hydrogens is 133 g/mol. The number of nitrogens with one attached hydrogen (secondary N) is 1. The van der Waals surface area contributed by atoms with E-state index < -0.39 is 0 Å². The number of nitrogens with two attached hydrogens (primary N) is 2. The van der Waals surface area contributed by atoms with Crippen molar-refractivity contribution in [3.63, 3.8) is 0 Å². The third-order valence-electron chi connectivity index (χ3n) is 0.139. The molecule has 0 spiro atoms. The van der Waals surface area contributed by atoms with Crippen molar-refractivity contribution in [3.8, 4) is 0 Å². The molecule has 0 amide bonds. The molecule has 0 saturated heterocycles. The SMILES string of the molecule is [NH-]C(N)=NN.[Zn]. The first-order chi connectivity index (χ1) is 2.27. The number of nitrogens with zero attached hydrogens (tertiary/aromatic N) is 1. The van der Waals surface area contributed by atoms with Crippen molar-refractivity contribution >= 4 is 5.96 Å². The molecule has 0 aromatic heterocycles. The van der Waals surface area contributed by atoms with Crippen LogP contribution >= 0.6 is 0 Å². The molecule has 0 rings (SSSR count). The van der Waals surface area contributed by atoms with Crippen molar-refractivity contribution in [2.24, 2.45) is 16.7 Å². The summed E-state index contributed by atoms with van der Waals surface area (Å²) in [5, 5.41) is 2.75. The van der Waals surface area contributed by atoms with E-state index in [0.717, 1.165) is 0 Å². The molecule has 32 valence electrons. The molecule has 5 N–H and O–H groups in total. The van der Waals surface area contributed by atoms with Gasteiger partial charge in [0.2, 0.25) is 0 Å². The van der Waals surface area contributed by atoms with Crippen molar-refractivity contribution in [1.29, 1.82) is 0 Å². The molecule has 0 atom stereocenters. The zero-order valence-corrected chi connectivity index (χ0v) is 6.28. The number of guanidine groups is 1. The maximum atomic E-state index is 6.23. The summed E-state index contributed by atoms with van der Waals surface area (Å²) in [6.07, 6.45) is 0. The summed E-state index contributed by atoms with van der Waals surface area (Å²) >= 11 is 0. The van der Waals surface area contributed by atoms with Gasteiger partial charge in [-0.1, -0.05) is 0 Å². The Morgan fingerprint density at radius 3 is 1.83 bits per heavy atom. The summed E-state index contributed by atoms with van der Waals surface area (Å²) in [4.78, 5) is 0. The molecule has 0 heterocycles. The van der Waals surface area contributed by atoms with E-state index in [0.29, 0.717) is 0 Å². The standard InChI is InChI=1S/CH5N4.Zn/c2-1(3)5-4;/h4H2,(H3-,2,3,5);/q-1;. The summed E-state index contributed by atoms with van der Waals surface area (Å²) in [5.74, 6) is 4.10. The summed E-state index contributed by atoms with van der Waals surface area (Å²) in [6.45, 7) is 0. The smallest absolute Gasteiger partial charge is 0.0204 e. The maximum absolute atomic E-state index is 6.23. The molecular formula is CH5N4Zn-. The third-order valence-corrected chi connectivity index (χ3v) is 0.139. The normalized spacial score (nSPS) is 9.67. The van der Waals surface area contributed by atoms with Crippen LogP contribution in [0.1, 0.15) is 0 Å². The molecule has 4 nitrogen and oxygen atoms in total. The molecule has 0 fully saturated rings. The summed E-state index contributed by atoms with van der Waals surface area (Å²) in [6, 6.07) is 0. The number of hydrogen-bond acceptors (Lipinski definition) is 2. The van der Waals surface area contributed by atoms with E-state index in [1.807, 2.05) is 0 Å². The first-order valence-corrected chi connectivity index (χ1v) is 1.02. The summed E-state index contributed by atoms with van der Waals surface area (Å²) in [7, 11) is 0. The summed E-state index contributed by atoms with van der Waals surface area (Å²) in [5.41, 5.74) is 10.8. The third kappa shape index (κ3) is 9.34. The van der Waals surface area contributed by atoms with Gasteiger partial charge in [0.05, 0.1) is 0 Å². The molecule has 0 saturated carbocycles. The quantitative estimate of drug-likeness (QED) is 0.151. The van der Waals surface area contributed by atoms with Crippen LogP contribution in [-0.4, -0.2) is 5.96 Å². The van der Waals surface area contributed by atoms with E-state index >= 15 is 0 Å². The Labute approximate surface area is 48.5 Å². The van der Waals surface area contributed by atoms with E-state index in [1.165, 1.54) is 0 Å². The Bertz CT molecular complexity index is 45.5. The Morgan fingerprint density at radius 1 is 1.67 bits per heavy atom. The van der Waals surface area contributed by atoms with Crippen molar-refractivity contribution in [3.05, 3.63) is 5.73 Å². The fourth-order valence-corrected chi connectivity index (χ4v) is 0. The fraction of sp³-hybridized carbons (Fsp3) is 0. The molecule has 0 unspecified atom stereocenters. The van der Waals surface area contributed by atoms with Crippen LogP contribution in [0.5, 0.6) is 0 Å². The van der Waals surface area contributed by atoms with Crippen LogP contribution < -0.4 is 11.6 Å². The second-order valence-electron chi connectivity index (χ2n) is 0.514. The van der Waals surface area contributed by atoms with Gasteiger partial charge in [0.1, 0.15) is 0 Å². The minimum atomic E-state index is -0.343. The maximum Gasteiger partial charge on any atom is 0.0204 e. The molecule has 5 heteroatoms. The van der Waals surface area contributed by atoms with Crippen LogP contribution in [0, 0.1) is 0 Å². The van der Waals surface area contributed by atoms with Crippen LogP contribution in [0.25, 0.3) is 5.73 Å². The van der Waals surface area contributed by atoms with E-state index in [1.54, 1.807) is 0 Å². The van der Waals surface area contributed by atoms with Gasteiger partial charge < -0.3 is 22.4 Å². The zero-order chi connectivity index (χ0) is 4.28. The molecule has 6 heavy (non-hydrogen) atoms. The first kappa shape index (κ1) is 9.19. The van der Waals surface area contributed by atoms with Gasteiger partial charge in [-0.2, -0.15) is 0 Å². The van der Waals surface area contributed by atoms with Crippen molar-refractivity contribution in [2.75, 3.05) is 0 Å². The van der Waals surface area contributed by atoms with Gasteiger partial charge in [0.15, 0.2) is 0 Å². The van der Waals surface area contributed by atoms with E-state index in [4.69, 9.17) is 5.73 Å². The predicted octanol–water partition coefficient (Wildman–Crippen LogP) is -0.776. The second-order valence-corrected chi connectivity index (χ2v) is 0.514. The molecule has 0 aliphatic carbocycles. The molecule has 0 aromatic rings. The van der Waals surface area contributed by atoms with E-state index in [-0.39, 0.29) is 25.4 Å². The molecule has 0 aliphatic heterocycles. The molecule has 0 radical (unpaired) electrons. The predicted molar refractivity (Wildman–Crippen MR) is 20.1 cm³/mol. The van der Waals surface area contributed by atoms with Gasteiger partial charge in [-0.25, -0.2) is 0 Å². The molecule has 0 bridgehead atoms. The zero-order valence-electron chi connectivity index (χ0n) is 3.31. The van der Waals surface area contributed by atoms with Gasteiger partial charge in [-0.15, -0.1) is 0 Å². The van der Waals surface area contributed by atoms with Crippen molar-refractivity contribution in [1.82, 2.24) is 0 Å². The Morgan fingerprint density at radius 2 is 1.83 bits per heavy atom. The minimum absolute atomic E-state index is 0. The Hall–Kier alpha value is -0.307. The minimum Gasteiger partial charge on any atom is -0.453 e. The first-order valence-electron chi connectivity index (χ1n) is 1.02. The van der Waals surface area contributed by atoms with E-state index in [2.05, 4.69) is 16.7 Å². The van der Waals surface area contributed by atoms with Crippen LogP contribution in [0.3, 0.4) is 0 Å². The average Bonchev–Trinajstić information content (AvgIpc) is 1.38. The summed E-state index contributed by atoms with van der Waals surface area (Å²) < 4.78 is 0. The Balaban J connectivity index is 0. The van der Waals surface area contributed by atoms with Crippen molar-refractivity contribution in [2.45, 2.75) is 0 Å². The largest absolute Gasteiger partial charge is 0.453 e. The molecule has 0 aliphatic rings. The van der Waals surface area contributed by atoms with E-state index in [9.17, 15) is 0 Å². The van der Waals surface area contributed by atoms with Crippen LogP contribution in [-0.2, 0) is 19.5 Å².